The van der Waals surface area contributed by atoms with Crippen molar-refractivity contribution >= 4 is 92.3 Å². The Morgan fingerprint density at radius 1 is 0.414 bits per heavy atom. The van der Waals surface area contributed by atoms with Gasteiger partial charge in [-0.3, -0.25) is 0 Å². The number of rotatable bonds is 6. The summed E-state index contributed by atoms with van der Waals surface area (Å²) in [6.45, 7) is 0. The molecular weight excluding hydrogens is 725 g/mol. The normalized spacial score (nSPS) is 11.8. The molecule has 0 saturated carbocycles. The van der Waals surface area contributed by atoms with Gasteiger partial charge in [0.15, 0.2) is 0 Å². The van der Waals surface area contributed by atoms with Crippen molar-refractivity contribution in [1.82, 2.24) is 4.57 Å². The van der Waals surface area contributed by atoms with Gasteiger partial charge in [-0.1, -0.05) is 140 Å². The number of hydrogen-bond acceptors (Lipinski definition) is 3. The van der Waals surface area contributed by atoms with Crippen molar-refractivity contribution in [3.8, 4) is 27.9 Å². The number of fused-ring (bicyclic) bond motifs is 10. The summed E-state index contributed by atoms with van der Waals surface area (Å²) in [6.07, 6.45) is 0. The highest BCUT2D eigenvalue weighted by Crippen LogP contribution is 2.45. The summed E-state index contributed by atoms with van der Waals surface area (Å²) in [7, 11) is 0. The number of nitrogens with zero attached hydrogens (tertiary/aromatic N) is 2. The maximum Gasteiger partial charge on any atom is 0.143 e. The molecule has 58 heavy (non-hydrogen) atoms. The SMILES string of the molecule is c1ccc(N(c2ccccc2)c2cc(-c3ccc(-c4cccc5c4oc4ccccc45)cc3)cc(-n3c4ccccc4c4c5sc6ccccc6c5ccc43)c2)cc1. The molecule has 12 rings (SSSR count). The molecule has 0 spiro atoms. The van der Waals surface area contributed by atoms with Gasteiger partial charge >= 0.3 is 0 Å². The van der Waals surface area contributed by atoms with E-state index < -0.39 is 0 Å². The van der Waals surface area contributed by atoms with Gasteiger partial charge < -0.3 is 13.9 Å². The Bertz CT molecular complexity index is 3460. The lowest BCUT2D eigenvalue weighted by atomic mass is 9.98. The number of para-hydroxylation sites is 5. The highest BCUT2D eigenvalue weighted by molar-refractivity contribution is 7.26. The van der Waals surface area contributed by atoms with E-state index in [0.29, 0.717) is 0 Å². The predicted octanol–water partition coefficient (Wildman–Crippen LogP) is 15.9. The summed E-state index contributed by atoms with van der Waals surface area (Å²) >= 11 is 1.89. The zero-order valence-electron chi connectivity index (χ0n) is 31.3. The van der Waals surface area contributed by atoms with Crippen molar-refractivity contribution in [3.05, 3.63) is 206 Å². The van der Waals surface area contributed by atoms with Crippen LogP contribution >= 0.6 is 11.3 Å². The van der Waals surface area contributed by atoms with Gasteiger partial charge in [0.2, 0.25) is 0 Å². The van der Waals surface area contributed by atoms with Gasteiger partial charge in [-0.25, -0.2) is 0 Å². The molecule has 3 nitrogen and oxygen atoms in total. The van der Waals surface area contributed by atoms with E-state index in [-0.39, 0.29) is 0 Å². The lowest BCUT2D eigenvalue weighted by molar-refractivity contribution is 0.670. The first kappa shape index (κ1) is 32.8. The first-order chi connectivity index (χ1) is 28.8. The number of anilines is 3. The molecule has 0 aliphatic carbocycles. The van der Waals surface area contributed by atoms with Crippen LogP contribution < -0.4 is 4.90 Å². The Balaban J connectivity index is 1.09. The maximum atomic E-state index is 6.44. The van der Waals surface area contributed by atoms with Gasteiger partial charge in [-0.05, 0) is 83.4 Å². The maximum absolute atomic E-state index is 6.44. The zero-order valence-corrected chi connectivity index (χ0v) is 32.2. The van der Waals surface area contributed by atoms with E-state index in [4.69, 9.17) is 4.42 Å². The van der Waals surface area contributed by atoms with Crippen molar-refractivity contribution in [2.24, 2.45) is 0 Å². The van der Waals surface area contributed by atoms with Gasteiger partial charge in [-0.2, -0.15) is 0 Å². The molecule has 0 fully saturated rings. The second-order valence-corrected chi connectivity index (χ2v) is 15.9. The van der Waals surface area contributed by atoms with Crippen LogP contribution in [-0.4, -0.2) is 4.57 Å². The first-order valence-corrected chi connectivity index (χ1v) is 20.5. The second kappa shape index (κ2) is 13.1. The summed E-state index contributed by atoms with van der Waals surface area (Å²) in [5.41, 5.74) is 13.1. The van der Waals surface area contributed by atoms with Gasteiger partial charge in [0.05, 0.1) is 11.0 Å². The number of benzene rings is 9. The van der Waals surface area contributed by atoms with Crippen LogP contribution in [0.3, 0.4) is 0 Å². The van der Waals surface area contributed by atoms with Crippen LogP contribution in [0.15, 0.2) is 211 Å². The largest absolute Gasteiger partial charge is 0.455 e. The molecule has 0 saturated heterocycles. The minimum Gasteiger partial charge on any atom is -0.455 e. The molecule has 0 aliphatic rings. The highest BCUT2D eigenvalue weighted by atomic mass is 32.1. The van der Waals surface area contributed by atoms with Crippen molar-refractivity contribution in [2.75, 3.05) is 4.90 Å². The molecule has 272 valence electrons. The molecule has 3 heterocycles. The fourth-order valence-corrected chi connectivity index (χ4v) is 10.2. The fourth-order valence-electron chi connectivity index (χ4n) is 8.95. The van der Waals surface area contributed by atoms with Crippen LogP contribution in [0.5, 0.6) is 0 Å². The highest BCUT2D eigenvalue weighted by Gasteiger charge is 2.21. The number of furan rings is 1. The van der Waals surface area contributed by atoms with Crippen LogP contribution in [0.4, 0.5) is 17.1 Å². The molecule has 3 aromatic heterocycles. The Morgan fingerprint density at radius 3 is 1.86 bits per heavy atom. The average molecular weight is 759 g/mol. The molecule has 0 radical (unpaired) electrons. The van der Waals surface area contributed by atoms with Crippen LogP contribution in [0, 0.1) is 0 Å². The monoisotopic (exact) mass is 758 g/mol. The molecule has 12 aromatic rings. The lowest BCUT2D eigenvalue weighted by Gasteiger charge is -2.27. The van der Waals surface area contributed by atoms with Gasteiger partial charge in [0.25, 0.3) is 0 Å². The van der Waals surface area contributed by atoms with Crippen LogP contribution in [-0.2, 0) is 0 Å². The number of thiophene rings is 1. The summed E-state index contributed by atoms with van der Waals surface area (Å²) in [5, 5.41) is 7.45. The third kappa shape index (κ3) is 5.12. The van der Waals surface area contributed by atoms with E-state index >= 15 is 0 Å². The average Bonchev–Trinajstić information content (AvgIpc) is 3.97. The standard InChI is InChI=1S/C54H34N2OS/c1-3-14-38(15-4-1)55(39-16-5-2-6-17-39)40-32-37(35-26-28-36(29-27-35)42-21-13-22-45-43-18-8-11-24-50(43)57-53(42)45)33-41(34-40)56-48-23-10-7-20-47(48)52-49(56)31-30-46-44-19-9-12-25-51(44)58-54(46)52/h1-34H. The van der Waals surface area contributed by atoms with Gasteiger partial charge in [0.1, 0.15) is 11.2 Å². The van der Waals surface area contributed by atoms with E-state index in [0.717, 1.165) is 66.9 Å². The van der Waals surface area contributed by atoms with Crippen LogP contribution in [0.1, 0.15) is 0 Å². The van der Waals surface area contributed by atoms with E-state index in [1.54, 1.807) is 0 Å². The topological polar surface area (TPSA) is 21.3 Å². The lowest BCUT2D eigenvalue weighted by Crippen LogP contribution is -2.10. The Morgan fingerprint density at radius 2 is 1.07 bits per heavy atom. The smallest absolute Gasteiger partial charge is 0.143 e. The third-order valence-electron chi connectivity index (χ3n) is 11.6. The molecule has 0 amide bonds. The van der Waals surface area contributed by atoms with Crippen molar-refractivity contribution in [1.29, 1.82) is 0 Å². The van der Waals surface area contributed by atoms with E-state index in [1.807, 2.05) is 23.5 Å². The van der Waals surface area contributed by atoms with E-state index in [2.05, 4.69) is 204 Å². The summed E-state index contributed by atoms with van der Waals surface area (Å²) in [4.78, 5) is 2.36. The quantitative estimate of drug-likeness (QED) is 0.168. The second-order valence-electron chi connectivity index (χ2n) is 14.9. The van der Waals surface area contributed by atoms with Crippen molar-refractivity contribution < 1.29 is 4.42 Å². The molecular formula is C54H34N2OS. The third-order valence-corrected chi connectivity index (χ3v) is 12.8. The number of hydrogen-bond donors (Lipinski definition) is 0. The molecule has 0 aliphatic heterocycles. The van der Waals surface area contributed by atoms with E-state index in [1.165, 1.54) is 42.0 Å². The van der Waals surface area contributed by atoms with Gasteiger partial charge in [-0.15, -0.1) is 11.3 Å². The predicted molar refractivity (Wildman–Crippen MR) is 247 cm³/mol. The van der Waals surface area contributed by atoms with Crippen LogP contribution in [0.2, 0.25) is 0 Å². The fraction of sp³-hybridized carbons (Fsp3) is 0. The summed E-state index contributed by atoms with van der Waals surface area (Å²) in [5.74, 6) is 0. The molecule has 4 heteroatoms. The van der Waals surface area contributed by atoms with Crippen molar-refractivity contribution in [2.45, 2.75) is 0 Å². The zero-order chi connectivity index (χ0) is 38.2. The Labute approximate surface area is 338 Å². The molecule has 0 bridgehead atoms. The minimum atomic E-state index is 0.908. The number of aromatic nitrogens is 1. The molecule has 0 atom stereocenters. The summed E-state index contributed by atoms with van der Waals surface area (Å²) in [6, 6.07) is 74.3. The minimum absolute atomic E-state index is 0.908. The Hall–Kier alpha value is -7.40. The molecule has 9 aromatic carbocycles. The van der Waals surface area contributed by atoms with E-state index in [9.17, 15) is 0 Å². The Kier molecular flexibility index (Phi) is 7.40. The summed E-state index contributed by atoms with van der Waals surface area (Å²) < 4.78 is 11.5. The first-order valence-electron chi connectivity index (χ1n) is 19.7. The van der Waals surface area contributed by atoms with Crippen LogP contribution in [0.25, 0.3) is 91.9 Å². The van der Waals surface area contributed by atoms with Crippen molar-refractivity contribution in [3.63, 3.8) is 0 Å². The van der Waals surface area contributed by atoms with Gasteiger partial charge in [0, 0.05) is 70.0 Å². The molecule has 0 unspecified atom stereocenters. The molecule has 0 N–H and O–H groups in total.